The zero-order valence-corrected chi connectivity index (χ0v) is 14.0. The molecule has 1 aromatic carbocycles. The summed E-state index contributed by atoms with van der Waals surface area (Å²) >= 11 is 0. The van der Waals surface area contributed by atoms with Gasteiger partial charge in [0.1, 0.15) is 6.42 Å². The van der Waals surface area contributed by atoms with Gasteiger partial charge in [-0.25, -0.2) is 0 Å². The van der Waals surface area contributed by atoms with Gasteiger partial charge in [0.25, 0.3) is 0 Å². The molecule has 0 saturated heterocycles. The predicted octanol–water partition coefficient (Wildman–Crippen LogP) is 2.70. The summed E-state index contributed by atoms with van der Waals surface area (Å²) in [6.45, 7) is 10.6. The number of carbonyl (C=O) groups is 2. The van der Waals surface area contributed by atoms with Crippen LogP contribution in [0.2, 0.25) is 0 Å². The Morgan fingerprint density at radius 1 is 1.09 bits per heavy atom. The van der Waals surface area contributed by atoms with Gasteiger partial charge in [0.15, 0.2) is 0 Å². The van der Waals surface area contributed by atoms with Crippen molar-refractivity contribution in [2.45, 2.75) is 40.5 Å². The van der Waals surface area contributed by atoms with E-state index in [1.807, 2.05) is 26.0 Å². The van der Waals surface area contributed by atoms with Crippen LogP contribution >= 0.6 is 0 Å². The molecule has 2 N–H and O–H groups in total. The van der Waals surface area contributed by atoms with Gasteiger partial charge in [-0.1, -0.05) is 6.92 Å². The van der Waals surface area contributed by atoms with Crippen molar-refractivity contribution in [3.63, 3.8) is 0 Å². The molecule has 0 atom stereocenters. The third-order valence-electron chi connectivity index (χ3n) is 3.51. The molecule has 5 nitrogen and oxygen atoms in total. The summed E-state index contributed by atoms with van der Waals surface area (Å²) in [5, 5.41) is 5.50. The van der Waals surface area contributed by atoms with Crippen LogP contribution in [0, 0.1) is 6.92 Å². The normalized spacial score (nSPS) is 10.2. The third-order valence-corrected chi connectivity index (χ3v) is 3.51. The molecule has 1 aromatic rings. The van der Waals surface area contributed by atoms with Crippen molar-refractivity contribution < 1.29 is 9.59 Å². The molecule has 0 fully saturated rings. The highest BCUT2D eigenvalue weighted by atomic mass is 16.2. The number of nitrogens with one attached hydrogen (secondary N) is 2. The summed E-state index contributed by atoms with van der Waals surface area (Å²) < 4.78 is 0. The number of anilines is 2. The molecule has 0 unspecified atom stereocenters. The molecule has 0 saturated carbocycles. The first-order valence-corrected chi connectivity index (χ1v) is 7.93. The Kier molecular flexibility index (Phi) is 7.43. The van der Waals surface area contributed by atoms with E-state index in [1.54, 1.807) is 0 Å². The van der Waals surface area contributed by atoms with Gasteiger partial charge in [0.05, 0.1) is 0 Å². The van der Waals surface area contributed by atoms with E-state index in [9.17, 15) is 9.59 Å². The van der Waals surface area contributed by atoms with Gasteiger partial charge in [-0.2, -0.15) is 0 Å². The average Bonchev–Trinajstić information content (AvgIpc) is 2.49. The van der Waals surface area contributed by atoms with Gasteiger partial charge in [-0.05, 0) is 51.0 Å². The molecule has 0 aliphatic rings. The predicted molar refractivity (Wildman–Crippen MR) is 91.3 cm³/mol. The minimum atomic E-state index is -0.285. The molecular formula is C17H27N3O2. The molecule has 0 aromatic heterocycles. The first kappa shape index (κ1) is 18.0. The minimum Gasteiger partial charge on any atom is -0.372 e. The largest absolute Gasteiger partial charge is 0.372 e. The van der Waals surface area contributed by atoms with Crippen LogP contribution in [0.15, 0.2) is 18.2 Å². The van der Waals surface area contributed by atoms with Crippen LogP contribution in [0.4, 0.5) is 11.4 Å². The van der Waals surface area contributed by atoms with Crippen molar-refractivity contribution >= 4 is 23.2 Å². The van der Waals surface area contributed by atoms with Gasteiger partial charge >= 0.3 is 0 Å². The molecule has 0 heterocycles. The molecule has 0 aliphatic carbocycles. The van der Waals surface area contributed by atoms with E-state index in [1.165, 1.54) is 0 Å². The fourth-order valence-corrected chi connectivity index (χ4v) is 2.24. The monoisotopic (exact) mass is 305 g/mol. The Balaban J connectivity index is 2.66. The van der Waals surface area contributed by atoms with E-state index in [2.05, 4.69) is 35.4 Å². The van der Waals surface area contributed by atoms with Crippen molar-refractivity contribution in [2.24, 2.45) is 0 Å². The molecular weight excluding hydrogens is 278 g/mol. The number of hydrogen-bond acceptors (Lipinski definition) is 3. The van der Waals surface area contributed by atoms with E-state index in [4.69, 9.17) is 0 Å². The van der Waals surface area contributed by atoms with Crippen molar-refractivity contribution in [1.82, 2.24) is 5.32 Å². The molecule has 0 spiro atoms. The van der Waals surface area contributed by atoms with Crippen LogP contribution < -0.4 is 15.5 Å². The highest BCUT2D eigenvalue weighted by molar-refractivity contribution is 6.03. The Bertz CT molecular complexity index is 511. The second-order valence-corrected chi connectivity index (χ2v) is 5.25. The number of rotatable bonds is 8. The maximum absolute atomic E-state index is 11.9. The zero-order chi connectivity index (χ0) is 16.5. The number of aryl methyl sites for hydroxylation is 1. The second kappa shape index (κ2) is 9.07. The van der Waals surface area contributed by atoms with Crippen LogP contribution in [0.3, 0.4) is 0 Å². The molecule has 5 heteroatoms. The summed E-state index contributed by atoms with van der Waals surface area (Å²) in [6.07, 6.45) is 0.719. The summed E-state index contributed by atoms with van der Waals surface area (Å²) in [5.74, 6) is -0.524. The molecule has 22 heavy (non-hydrogen) atoms. The van der Waals surface area contributed by atoms with Gasteiger partial charge in [-0.15, -0.1) is 0 Å². The first-order valence-electron chi connectivity index (χ1n) is 7.93. The van der Waals surface area contributed by atoms with Crippen molar-refractivity contribution in [1.29, 1.82) is 0 Å². The lowest BCUT2D eigenvalue weighted by molar-refractivity contribution is -0.126. The minimum absolute atomic E-state index is 0.142. The topological polar surface area (TPSA) is 61.4 Å². The summed E-state index contributed by atoms with van der Waals surface area (Å²) in [7, 11) is 0. The van der Waals surface area contributed by atoms with Crippen molar-refractivity contribution in [3.8, 4) is 0 Å². The van der Waals surface area contributed by atoms with Crippen LogP contribution in [0.25, 0.3) is 0 Å². The number of benzene rings is 1. The zero-order valence-electron chi connectivity index (χ0n) is 14.0. The van der Waals surface area contributed by atoms with Gasteiger partial charge in [0, 0.05) is 31.0 Å². The standard InChI is InChI=1S/C17H27N3O2/c1-5-10-18-16(21)12-17(22)19-15-9-8-14(11-13(15)4)20(6-2)7-3/h8-9,11H,5-7,10,12H2,1-4H3,(H,18,21)(H,19,22). The SMILES string of the molecule is CCCNC(=O)CC(=O)Nc1ccc(N(CC)CC)cc1C. The quantitative estimate of drug-likeness (QED) is 0.726. The van der Waals surface area contributed by atoms with Crippen LogP contribution in [0.5, 0.6) is 0 Å². The number of amides is 2. The maximum Gasteiger partial charge on any atom is 0.233 e. The Labute approximate surface area is 133 Å². The van der Waals surface area contributed by atoms with E-state index in [-0.39, 0.29) is 18.2 Å². The number of nitrogens with zero attached hydrogens (tertiary/aromatic N) is 1. The highest BCUT2D eigenvalue weighted by Crippen LogP contribution is 2.22. The number of carbonyl (C=O) groups excluding carboxylic acids is 2. The van der Waals surface area contributed by atoms with E-state index >= 15 is 0 Å². The average molecular weight is 305 g/mol. The van der Waals surface area contributed by atoms with E-state index in [0.29, 0.717) is 6.54 Å². The smallest absolute Gasteiger partial charge is 0.233 e. The summed E-state index contributed by atoms with van der Waals surface area (Å²) in [5.41, 5.74) is 2.89. The fraction of sp³-hybridized carbons (Fsp3) is 0.529. The van der Waals surface area contributed by atoms with E-state index in [0.717, 1.165) is 36.4 Å². The van der Waals surface area contributed by atoms with Crippen molar-refractivity contribution in [2.75, 3.05) is 29.9 Å². The van der Waals surface area contributed by atoms with Gasteiger partial charge < -0.3 is 15.5 Å². The number of hydrogen-bond donors (Lipinski definition) is 2. The molecule has 1 rings (SSSR count). The maximum atomic E-state index is 11.9. The van der Waals surface area contributed by atoms with Crippen molar-refractivity contribution in [3.05, 3.63) is 23.8 Å². The van der Waals surface area contributed by atoms with Crippen LogP contribution in [0.1, 0.15) is 39.2 Å². The highest BCUT2D eigenvalue weighted by Gasteiger charge is 2.11. The molecule has 122 valence electrons. The lowest BCUT2D eigenvalue weighted by Gasteiger charge is -2.22. The van der Waals surface area contributed by atoms with E-state index < -0.39 is 0 Å². The lowest BCUT2D eigenvalue weighted by atomic mass is 10.1. The van der Waals surface area contributed by atoms with Crippen LogP contribution in [-0.2, 0) is 9.59 Å². The first-order chi connectivity index (χ1) is 10.5. The third kappa shape index (κ3) is 5.39. The fourth-order valence-electron chi connectivity index (χ4n) is 2.24. The lowest BCUT2D eigenvalue weighted by Crippen LogP contribution is -2.28. The molecule has 0 bridgehead atoms. The molecule has 0 aliphatic heterocycles. The Morgan fingerprint density at radius 3 is 2.32 bits per heavy atom. The summed E-state index contributed by atoms with van der Waals surface area (Å²) in [4.78, 5) is 25.7. The molecule has 2 amide bonds. The van der Waals surface area contributed by atoms with Gasteiger partial charge in [0.2, 0.25) is 11.8 Å². The summed E-state index contributed by atoms with van der Waals surface area (Å²) in [6, 6.07) is 5.94. The Hall–Kier alpha value is -2.04. The second-order valence-electron chi connectivity index (χ2n) is 5.25. The Morgan fingerprint density at radius 2 is 1.77 bits per heavy atom. The molecule has 0 radical (unpaired) electrons. The van der Waals surface area contributed by atoms with Crippen LogP contribution in [-0.4, -0.2) is 31.4 Å². The van der Waals surface area contributed by atoms with Gasteiger partial charge in [-0.3, -0.25) is 9.59 Å².